The Morgan fingerprint density at radius 2 is 1.74 bits per heavy atom. The standard InChI is InChI=1S/C17H18N2O3S/c1-21-15-9-7-13(8-10-15)11-18-16(23)19-17(20)22-12-14-5-3-2-4-6-14/h2-10H,11-12H2,1H3,(H2,18,19,20,23). The molecular weight excluding hydrogens is 312 g/mol. The van der Waals surface area contributed by atoms with E-state index in [-0.39, 0.29) is 11.7 Å². The van der Waals surface area contributed by atoms with Crippen LogP contribution in [0.5, 0.6) is 5.75 Å². The summed E-state index contributed by atoms with van der Waals surface area (Å²) >= 11 is 5.06. The van der Waals surface area contributed by atoms with Crippen LogP contribution in [0.15, 0.2) is 54.6 Å². The average molecular weight is 330 g/mol. The van der Waals surface area contributed by atoms with Gasteiger partial charge in [-0.15, -0.1) is 0 Å². The molecule has 0 heterocycles. The number of benzene rings is 2. The Morgan fingerprint density at radius 1 is 1.04 bits per heavy atom. The van der Waals surface area contributed by atoms with E-state index in [1.807, 2.05) is 54.6 Å². The van der Waals surface area contributed by atoms with Crippen LogP contribution < -0.4 is 15.4 Å². The number of carbonyl (C=O) groups is 1. The van der Waals surface area contributed by atoms with Crippen LogP contribution in [-0.4, -0.2) is 18.3 Å². The molecule has 0 atom stereocenters. The molecule has 0 fully saturated rings. The highest BCUT2D eigenvalue weighted by atomic mass is 32.1. The minimum Gasteiger partial charge on any atom is -0.497 e. The van der Waals surface area contributed by atoms with E-state index in [0.29, 0.717) is 6.54 Å². The first-order chi connectivity index (χ1) is 11.2. The number of ether oxygens (including phenoxy) is 2. The van der Waals surface area contributed by atoms with Gasteiger partial charge in [-0.1, -0.05) is 42.5 Å². The third-order valence-electron chi connectivity index (χ3n) is 3.04. The molecule has 0 aliphatic heterocycles. The molecule has 0 aliphatic carbocycles. The number of methoxy groups -OCH3 is 1. The first-order valence-corrected chi connectivity index (χ1v) is 7.46. The second kappa shape index (κ2) is 8.75. The highest BCUT2D eigenvalue weighted by molar-refractivity contribution is 7.80. The Labute approximate surface area is 140 Å². The maximum Gasteiger partial charge on any atom is 0.413 e. The first kappa shape index (κ1) is 16.8. The van der Waals surface area contributed by atoms with Crippen LogP contribution in [-0.2, 0) is 17.9 Å². The van der Waals surface area contributed by atoms with E-state index in [0.717, 1.165) is 16.9 Å². The summed E-state index contributed by atoms with van der Waals surface area (Å²) in [4.78, 5) is 11.6. The number of carbonyl (C=O) groups excluding carboxylic acids is 1. The van der Waals surface area contributed by atoms with Crippen molar-refractivity contribution in [2.24, 2.45) is 0 Å². The molecule has 2 aromatic rings. The second-order valence-corrected chi connectivity index (χ2v) is 5.13. The van der Waals surface area contributed by atoms with Crippen LogP contribution in [0.4, 0.5) is 4.79 Å². The van der Waals surface area contributed by atoms with E-state index in [1.54, 1.807) is 7.11 Å². The molecule has 23 heavy (non-hydrogen) atoms. The smallest absolute Gasteiger partial charge is 0.413 e. The zero-order valence-electron chi connectivity index (χ0n) is 12.7. The minimum atomic E-state index is -0.582. The summed E-state index contributed by atoms with van der Waals surface area (Å²) in [6.45, 7) is 0.704. The highest BCUT2D eigenvalue weighted by Gasteiger charge is 2.05. The Hall–Kier alpha value is -2.60. The predicted molar refractivity (Wildman–Crippen MR) is 92.2 cm³/mol. The molecule has 1 amide bonds. The molecule has 5 nitrogen and oxygen atoms in total. The van der Waals surface area contributed by atoms with E-state index >= 15 is 0 Å². The predicted octanol–water partition coefficient (Wildman–Crippen LogP) is 3.00. The number of hydrogen-bond acceptors (Lipinski definition) is 4. The van der Waals surface area contributed by atoms with Crippen molar-refractivity contribution in [3.63, 3.8) is 0 Å². The van der Waals surface area contributed by atoms with Gasteiger partial charge in [0.05, 0.1) is 7.11 Å². The maximum absolute atomic E-state index is 11.6. The molecule has 0 radical (unpaired) electrons. The molecule has 6 heteroatoms. The van der Waals surface area contributed by atoms with Gasteiger partial charge in [-0.05, 0) is 35.5 Å². The molecule has 120 valence electrons. The maximum atomic E-state index is 11.6. The van der Waals surface area contributed by atoms with Crippen molar-refractivity contribution in [1.82, 2.24) is 10.6 Å². The lowest BCUT2D eigenvalue weighted by Gasteiger charge is -2.10. The number of amides is 1. The van der Waals surface area contributed by atoms with Gasteiger partial charge >= 0.3 is 6.09 Å². The van der Waals surface area contributed by atoms with Crippen molar-refractivity contribution >= 4 is 23.4 Å². The fraction of sp³-hybridized carbons (Fsp3) is 0.176. The largest absolute Gasteiger partial charge is 0.497 e. The molecule has 0 unspecified atom stereocenters. The Bertz CT molecular complexity index is 645. The molecule has 0 bridgehead atoms. The van der Waals surface area contributed by atoms with Crippen LogP contribution in [0.3, 0.4) is 0 Å². The summed E-state index contributed by atoms with van der Waals surface area (Å²) < 4.78 is 10.2. The van der Waals surface area contributed by atoms with Gasteiger partial charge in [0.15, 0.2) is 5.11 Å². The average Bonchev–Trinajstić information content (AvgIpc) is 2.59. The van der Waals surface area contributed by atoms with Gasteiger partial charge in [0.25, 0.3) is 0 Å². The zero-order valence-corrected chi connectivity index (χ0v) is 13.6. The fourth-order valence-corrected chi connectivity index (χ4v) is 1.98. The molecule has 0 saturated carbocycles. The summed E-state index contributed by atoms with van der Waals surface area (Å²) in [6.07, 6.45) is -0.582. The van der Waals surface area contributed by atoms with Crippen molar-refractivity contribution in [2.75, 3.05) is 7.11 Å². The van der Waals surface area contributed by atoms with Crippen LogP contribution in [0, 0.1) is 0 Å². The van der Waals surface area contributed by atoms with E-state index in [1.165, 1.54) is 0 Å². The minimum absolute atomic E-state index is 0.202. The summed E-state index contributed by atoms with van der Waals surface area (Å²) in [7, 11) is 1.62. The van der Waals surface area contributed by atoms with E-state index < -0.39 is 6.09 Å². The van der Waals surface area contributed by atoms with Crippen molar-refractivity contribution in [1.29, 1.82) is 0 Å². The summed E-state index contributed by atoms with van der Waals surface area (Å²) in [6, 6.07) is 17.0. The van der Waals surface area contributed by atoms with Crippen molar-refractivity contribution in [2.45, 2.75) is 13.2 Å². The zero-order chi connectivity index (χ0) is 16.5. The van der Waals surface area contributed by atoms with E-state index in [9.17, 15) is 4.79 Å². The summed E-state index contributed by atoms with van der Waals surface area (Å²) in [5.41, 5.74) is 1.94. The van der Waals surface area contributed by atoms with Crippen molar-refractivity contribution in [3.05, 3.63) is 65.7 Å². The molecule has 0 spiro atoms. The lowest BCUT2D eigenvalue weighted by Crippen LogP contribution is -2.39. The Morgan fingerprint density at radius 3 is 2.39 bits per heavy atom. The van der Waals surface area contributed by atoms with Crippen LogP contribution >= 0.6 is 12.2 Å². The van der Waals surface area contributed by atoms with Crippen LogP contribution in [0.1, 0.15) is 11.1 Å². The second-order valence-electron chi connectivity index (χ2n) is 4.72. The molecule has 2 aromatic carbocycles. The van der Waals surface area contributed by atoms with Gasteiger partial charge in [0, 0.05) is 6.54 Å². The normalized spacial score (nSPS) is 9.78. The topological polar surface area (TPSA) is 59.6 Å². The van der Waals surface area contributed by atoms with Crippen molar-refractivity contribution in [3.8, 4) is 5.75 Å². The third-order valence-corrected chi connectivity index (χ3v) is 3.29. The van der Waals surface area contributed by atoms with Gasteiger partial charge in [-0.2, -0.15) is 0 Å². The fourth-order valence-electron chi connectivity index (χ4n) is 1.82. The first-order valence-electron chi connectivity index (χ1n) is 7.06. The molecule has 2 N–H and O–H groups in total. The van der Waals surface area contributed by atoms with Gasteiger partial charge in [-0.3, -0.25) is 5.32 Å². The summed E-state index contributed by atoms with van der Waals surface area (Å²) in [5.74, 6) is 0.791. The lowest BCUT2D eigenvalue weighted by atomic mass is 10.2. The van der Waals surface area contributed by atoms with Gasteiger partial charge in [0.1, 0.15) is 12.4 Å². The SMILES string of the molecule is COc1ccc(CNC(=S)NC(=O)OCc2ccccc2)cc1. The van der Waals surface area contributed by atoms with Crippen LogP contribution in [0.25, 0.3) is 0 Å². The lowest BCUT2D eigenvalue weighted by molar-refractivity contribution is 0.145. The molecule has 0 saturated heterocycles. The Kier molecular flexibility index (Phi) is 6.38. The van der Waals surface area contributed by atoms with Gasteiger partial charge in [0.2, 0.25) is 0 Å². The molecular formula is C17H18N2O3S. The highest BCUT2D eigenvalue weighted by Crippen LogP contribution is 2.10. The number of thiocarbonyl (C=S) groups is 1. The third kappa shape index (κ3) is 5.96. The molecule has 0 aromatic heterocycles. The monoisotopic (exact) mass is 330 g/mol. The Balaban J connectivity index is 1.70. The summed E-state index contributed by atoms with van der Waals surface area (Å²) in [5, 5.41) is 5.64. The quantitative estimate of drug-likeness (QED) is 0.825. The number of alkyl carbamates (subject to hydrolysis) is 1. The molecule has 0 aliphatic rings. The van der Waals surface area contributed by atoms with Crippen molar-refractivity contribution < 1.29 is 14.3 Å². The van der Waals surface area contributed by atoms with Gasteiger partial charge < -0.3 is 14.8 Å². The van der Waals surface area contributed by atoms with E-state index in [4.69, 9.17) is 21.7 Å². The number of nitrogens with one attached hydrogen (secondary N) is 2. The van der Waals surface area contributed by atoms with Gasteiger partial charge in [-0.25, -0.2) is 4.79 Å². The molecule has 2 rings (SSSR count). The van der Waals surface area contributed by atoms with E-state index in [2.05, 4.69) is 10.6 Å². The number of hydrogen-bond donors (Lipinski definition) is 2. The van der Waals surface area contributed by atoms with Crippen LogP contribution in [0.2, 0.25) is 0 Å². The number of rotatable bonds is 5.